The van der Waals surface area contributed by atoms with E-state index < -0.39 is 11.9 Å². The van der Waals surface area contributed by atoms with Gasteiger partial charge in [0.2, 0.25) is 6.39 Å². The molecule has 0 spiro atoms. The van der Waals surface area contributed by atoms with Gasteiger partial charge in [0.25, 0.3) is 0 Å². The zero-order valence-electron chi connectivity index (χ0n) is 9.87. The molecule has 0 saturated carbocycles. The summed E-state index contributed by atoms with van der Waals surface area (Å²) in [5.41, 5.74) is 0. The number of carbonyl (C=O) groups excluding carboxylic acids is 1. The Bertz CT molecular complexity index is 433. The fourth-order valence-electron chi connectivity index (χ4n) is 1.99. The third kappa shape index (κ3) is 2.58. The zero-order valence-corrected chi connectivity index (χ0v) is 9.87. The third-order valence-corrected chi connectivity index (χ3v) is 3.02. The van der Waals surface area contributed by atoms with Crippen molar-refractivity contribution in [1.29, 1.82) is 0 Å². The predicted molar refractivity (Wildman–Crippen MR) is 58.4 cm³/mol. The van der Waals surface area contributed by atoms with Crippen LogP contribution in [0.2, 0.25) is 0 Å². The lowest BCUT2D eigenvalue weighted by Gasteiger charge is -2.15. The Balaban J connectivity index is 1.85. The highest BCUT2D eigenvalue weighted by atomic mass is 16.5. The number of hydrogen-bond donors (Lipinski definition) is 2. The molecule has 2 unspecified atom stereocenters. The largest absolute Gasteiger partial charge is 0.481 e. The first-order valence-corrected chi connectivity index (χ1v) is 5.58. The summed E-state index contributed by atoms with van der Waals surface area (Å²) in [7, 11) is 0. The van der Waals surface area contributed by atoms with Crippen LogP contribution < -0.4 is 5.32 Å². The molecule has 1 aromatic rings. The van der Waals surface area contributed by atoms with E-state index in [9.17, 15) is 9.59 Å². The van der Waals surface area contributed by atoms with Crippen LogP contribution in [0.25, 0.3) is 0 Å². The molecule has 2 N–H and O–H groups in total. The van der Waals surface area contributed by atoms with Crippen molar-refractivity contribution in [2.24, 2.45) is 11.8 Å². The number of aliphatic carboxylic acids is 1. The molecule has 0 aliphatic carbocycles. The van der Waals surface area contributed by atoms with E-state index in [0.29, 0.717) is 12.4 Å². The highest BCUT2D eigenvalue weighted by Gasteiger charge is 2.36. The van der Waals surface area contributed by atoms with Gasteiger partial charge in [0.15, 0.2) is 5.82 Å². The van der Waals surface area contributed by atoms with Gasteiger partial charge in [-0.2, -0.15) is 4.98 Å². The van der Waals surface area contributed by atoms with Gasteiger partial charge in [-0.25, -0.2) is 4.79 Å². The summed E-state index contributed by atoms with van der Waals surface area (Å²) in [6.07, 6.45) is 1.18. The van der Waals surface area contributed by atoms with Gasteiger partial charge in [-0.15, -0.1) is 0 Å². The van der Waals surface area contributed by atoms with Crippen molar-refractivity contribution in [2.45, 2.75) is 13.5 Å². The van der Waals surface area contributed by atoms with Crippen LogP contribution in [0.5, 0.6) is 0 Å². The fraction of sp³-hybridized carbons (Fsp3) is 0.600. The van der Waals surface area contributed by atoms with Gasteiger partial charge in [-0.3, -0.25) is 4.79 Å². The monoisotopic (exact) mass is 254 g/mol. The van der Waals surface area contributed by atoms with E-state index in [1.807, 2.05) is 6.92 Å². The minimum absolute atomic E-state index is 0.0431. The molecule has 2 heterocycles. The fourth-order valence-corrected chi connectivity index (χ4v) is 1.99. The molecular weight excluding hydrogens is 240 g/mol. The first-order valence-electron chi connectivity index (χ1n) is 5.58. The topological polar surface area (TPSA) is 109 Å². The van der Waals surface area contributed by atoms with Crippen LogP contribution in [0.3, 0.4) is 0 Å². The van der Waals surface area contributed by atoms with Crippen LogP contribution in [0.1, 0.15) is 12.7 Å². The number of amides is 2. The van der Waals surface area contributed by atoms with E-state index in [4.69, 9.17) is 5.11 Å². The number of rotatable bonds is 3. The first kappa shape index (κ1) is 12.3. The molecule has 98 valence electrons. The number of carboxylic acids is 1. The second kappa shape index (κ2) is 5.03. The van der Waals surface area contributed by atoms with Crippen molar-refractivity contribution >= 4 is 12.0 Å². The number of likely N-dealkylation sites (tertiary alicyclic amines) is 1. The van der Waals surface area contributed by atoms with Crippen LogP contribution in [-0.4, -0.2) is 45.2 Å². The van der Waals surface area contributed by atoms with Gasteiger partial charge in [0, 0.05) is 13.1 Å². The molecule has 2 atom stereocenters. The lowest BCUT2D eigenvalue weighted by atomic mass is 9.99. The second-order valence-corrected chi connectivity index (χ2v) is 4.33. The summed E-state index contributed by atoms with van der Waals surface area (Å²) in [4.78, 5) is 28.0. The summed E-state index contributed by atoms with van der Waals surface area (Å²) < 4.78 is 4.53. The molecule has 18 heavy (non-hydrogen) atoms. The van der Waals surface area contributed by atoms with Crippen LogP contribution in [0.15, 0.2) is 10.9 Å². The van der Waals surface area contributed by atoms with Crippen molar-refractivity contribution < 1.29 is 19.2 Å². The third-order valence-electron chi connectivity index (χ3n) is 3.02. The van der Waals surface area contributed by atoms with Crippen molar-refractivity contribution in [3.63, 3.8) is 0 Å². The molecule has 1 aliphatic rings. The molecule has 0 aromatic carbocycles. The van der Waals surface area contributed by atoms with E-state index in [1.165, 1.54) is 11.3 Å². The number of urea groups is 1. The van der Waals surface area contributed by atoms with Crippen LogP contribution >= 0.6 is 0 Å². The van der Waals surface area contributed by atoms with Crippen LogP contribution in [0.4, 0.5) is 4.79 Å². The number of carboxylic acid groups (broad SMARTS) is 1. The highest BCUT2D eigenvalue weighted by Crippen LogP contribution is 2.22. The van der Waals surface area contributed by atoms with Crippen molar-refractivity contribution in [3.8, 4) is 0 Å². The smallest absolute Gasteiger partial charge is 0.317 e. The van der Waals surface area contributed by atoms with Crippen LogP contribution in [-0.2, 0) is 11.3 Å². The second-order valence-electron chi connectivity index (χ2n) is 4.33. The summed E-state index contributed by atoms with van der Waals surface area (Å²) in [6, 6.07) is -0.310. The lowest BCUT2D eigenvalue weighted by Crippen LogP contribution is -2.38. The van der Waals surface area contributed by atoms with E-state index in [1.54, 1.807) is 0 Å². The number of hydrogen-bond acceptors (Lipinski definition) is 5. The van der Waals surface area contributed by atoms with Crippen LogP contribution in [0, 0.1) is 11.8 Å². The molecule has 2 amide bonds. The molecule has 1 aromatic heterocycles. The minimum atomic E-state index is -0.865. The Morgan fingerprint density at radius 2 is 2.39 bits per heavy atom. The zero-order chi connectivity index (χ0) is 13.1. The average molecular weight is 254 g/mol. The summed E-state index contributed by atoms with van der Waals surface area (Å²) in [5, 5.41) is 15.1. The maximum atomic E-state index is 11.8. The minimum Gasteiger partial charge on any atom is -0.481 e. The van der Waals surface area contributed by atoms with Crippen molar-refractivity contribution in [1.82, 2.24) is 20.4 Å². The molecule has 8 heteroatoms. The maximum absolute atomic E-state index is 11.8. The molecule has 2 rings (SSSR count). The Morgan fingerprint density at radius 3 is 2.94 bits per heavy atom. The molecule has 0 bridgehead atoms. The highest BCUT2D eigenvalue weighted by molar-refractivity contribution is 5.77. The molecular formula is C10H14N4O4. The molecule has 8 nitrogen and oxygen atoms in total. The van der Waals surface area contributed by atoms with Gasteiger partial charge < -0.3 is 19.8 Å². The number of aromatic nitrogens is 2. The van der Waals surface area contributed by atoms with E-state index in [2.05, 4.69) is 20.0 Å². The number of nitrogens with one attached hydrogen (secondary N) is 1. The van der Waals surface area contributed by atoms with Gasteiger partial charge in [0.1, 0.15) is 0 Å². The van der Waals surface area contributed by atoms with E-state index in [0.717, 1.165) is 0 Å². The Hall–Kier alpha value is -2.12. The number of carbonyl (C=O) groups is 2. The van der Waals surface area contributed by atoms with Crippen molar-refractivity contribution in [2.75, 3.05) is 13.1 Å². The van der Waals surface area contributed by atoms with Gasteiger partial charge in [0.05, 0.1) is 12.5 Å². The van der Waals surface area contributed by atoms with Gasteiger partial charge in [-0.1, -0.05) is 12.1 Å². The Kier molecular flexibility index (Phi) is 3.45. The average Bonchev–Trinajstić information content (AvgIpc) is 2.94. The summed E-state index contributed by atoms with van der Waals surface area (Å²) >= 11 is 0. The molecule has 0 radical (unpaired) electrons. The first-order chi connectivity index (χ1) is 8.58. The maximum Gasteiger partial charge on any atom is 0.317 e. The molecule has 1 saturated heterocycles. The number of nitrogens with zero attached hydrogens (tertiary/aromatic N) is 3. The van der Waals surface area contributed by atoms with Gasteiger partial charge >= 0.3 is 12.0 Å². The standard InChI is InChI=1S/C10H14N4O4/c1-6-3-14(4-7(6)9(15)16)10(17)11-2-8-12-5-18-13-8/h5-7H,2-4H2,1H3,(H,11,17)(H,15,16). The summed E-state index contributed by atoms with van der Waals surface area (Å²) in [6.45, 7) is 2.66. The predicted octanol–water partition coefficient (Wildman–Crippen LogP) is -0.0683. The lowest BCUT2D eigenvalue weighted by molar-refractivity contribution is -0.142. The van der Waals surface area contributed by atoms with E-state index >= 15 is 0 Å². The normalized spacial score (nSPS) is 23.1. The molecule has 1 aliphatic heterocycles. The van der Waals surface area contributed by atoms with Gasteiger partial charge in [-0.05, 0) is 5.92 Å². The van der Waals surface area contributed by atoms with Crippen molar-refractivity contribution in [3.05, 3.63) is 12.2 Å². The van der Waals surface area contributed by atoms with E-state index in [-0.39, 0.29) is 25.0 Å². The SMILES string of the molecule is CC1CN(C(=O)NCc2ncon2)CC1C(=O)O. The summed E-state index contributed by atoms with van der Waals surface area (Å²) in [5.74, 6) is -1.03. The molecule has 1 fully saturated rings. The Labute approximate surface area is 103 Å². The quantitative estimate of drug-likeness (QED) is 0.781. The Morgan fingerprint density at radius 1 is 1.61 bits per heavy atom.